The van der Waals surface area contributed by atoms with Crippen molar-refractivity contribution in [2.75, 3.05) is 26.9 Å². The zero-order valence-electron chi connectivity index (χ0n) is 20.3. The van der Waals surface area contributed by atoms with Gasteiger partial charge in [0.05, 0.1) is 35.6 Å². The average Bonchev–Trinajstić information content (AvgIpc) is 3.49. The summed E-state index contributed by atoms with van der Waals surface area (Å²) in [6.45, 7) is 5.46. The first-order valence-corrected chi connectivity index (χ1v) is 12.0. The molecule has 9 heteroatoms. The lowest BCUT2D eigenvalue weighted by atomic mass is 9.86. The van der Waals surface area contributed by atoms with Crippen LogP contribution in [0.25, 0.3) is 22.3 Å². The van der Waals surface area contributed by atoms with Crippen molar-refractivity contribution in [3.05, 3.63) is 50.8 Å². The van der Waals surface area contributed by atoms with Crippen LogP contribution in [-0.2, 0) is 28.3 Å². The first kappa shape index (κ1) is 22.6. The smallest absolute Gasteiger partial charge is 0.343 e. The molecule has 3 aliphatic heterocycles. The Morgan fingerprint density at radius 3 is 2.67 bits per heavy atom. The molecule has 36 heavy (non-hydrogen) atoms. The van der Waals surface area contributed by atoms with E-state index < -0.39 is 11.6 Å². The second-order valence-electron chi connectivity index (χ2n) is 9.27. The summed E-state index contributed by atoms with van der Waals surface area (Å²) in [4.78, 5) is 33.0. The molecule has 1 aromatic carbocycles. The number of benzene rings is 1. The zero-order valence-corrected chi connectivity index (χ0v) is 20.3. The fraction of sp³-hybridized carbons (Fsp3) is 0.370. The van der Waals surface area contributed by atoms with Gasteiger partial charge in [-0.1, -0.05) is 25.7 Å². The molecule has 6 rings (SSSR count). The topological polar surface area (TPSA) is 103 Å². The third kappa shape index (κ3) is 3.15. The maximum atomic E-state index is 13.5. The largest absolute Gasteiger partial charge is 0.458 e. The van der Waals surface area contributed by atoms with Crippen molar-refractivity contribution in [1.29, 1.82) is 0 Å². The lowest BCUT2D eigenvalue weighted by Gasteiger charge is -2.31. The molecule has 9 nitrogen and oxygen atoms in total. The van der Waals surface area contributed by atoms with Gasteiger partial charge in [0, 0.05) is 28.1 Å². The van der Waals surface area contributed by atoms with Gasteiger partial charge in [-0.2, -0.15) is 0 Å². The van der Waals surface area contributed by atoms with Crippen molar-refractivity contribution in [2.24, 2.45) is 0 Å². The number of rotatable bonds is 3. The van der Waals surface area contributed by atoms with Crippen LogP contribution in [0.3, 0.4) is 0 Å². The van der Waals surface area contributed by atoms with E-state index in [1.54, 1.807) is 17.6 Å². The monoisotopic (exact) mass is 487 g/mol. The van der Waals surface area contributed by atoms with Crippen LogP contribution in [0.15, 0.2) is 23.0 Å². The number of cyclic esters (lactones) is 1. The molecule has 3 aliphatic rings. The average molecular weight is 488 g/mol. The molecule has 0 saturated heterocycles. The van der Waals surface area contributed by atoms with E-state index in [1.165, 1.54) is 0 Å². The second kappa shape index (κ2) is 8.08. The molecule has 1 atom stereocenters. The lowest BCUT2D eigenvalue weighted by Crippen LogP contribution is -2.44. The van der Waals surface area contributed by atoms with Gasteiger partial charge in [0.2, 0.25) is 6.79 Å². The van der Waals surface area contributed by atoms with Gasteiger partial charge in [-0.05, 0) is 32.1 Å². The number of fused-ring (bicyclic) bond motifs is 6. The third-order valence-corrected chi connectivity index (χ3v) is 7.28. The first-order chi connectivity index (χ1) is 17.4. The molecule has 0 bridgehead atoms. The van der Waals surface area contributed by atoms with E-state index in [0.717, 1.165) is 23.1 Å². The van der Waals surface area contributed by atoms with Crippen molar-refractivity contribution >= 4 is 16.9 Å². The summed E-state index contributed by atoms with van der Waals surface area (Å²) in [5.41, 5.74) is 1.80. The van der Waals surface area contributed by atoms with Crippen LogP contribution >= 0.6 is 0 Å². The molecule has 184 valence electrons. The van der Waals surface area contributed by atoms with Gasteiger partial charge in [0.25, 0.3) is 5.56 Å². The van der Waals surface area contributed by atoms with Crippen LogP contribution in [0.1, 0.15) is 42.5 Å². The molecule has 2 aromatic heterocycles. The molecule has 3 aromatic rings. The molecular formula is C27H25N3O6. The molecular weight excluding hydrogens is 462 g/mol. The van der Waals surface area contributed by atoms with Crippen molar-refractivity contribution in [3.63, 3.8) is 0 Å². The third-order valence-electron chi connectivity index (χ3n) is 7.28. The van der Waals surface area contributed by atoms with E-state index >= 15 is 0 Å². The number of carbonyl (C=O) groups is 1. The molecule has 0 unspecified atom stereocenters. The number of aromatic nitrogens is 2. The summed E-state index contributed by atoms with van der Waals surface area (Å²) in [6, 6.07) is 5.41. The highest BCUT2D eigenvalue weighted by Crippen LogP contribution is 2.42. The van der Waals surface area contributed by atoms with Gasteiger partial charge in [0.15, 0.2) is 17.1 Å². The highest BCUT2D eigenvalue weighted by Gasteiger charge is 2.45. The number of hydrogen-bond donors (Lipinski definition) is 1. The maximum Gasteiger partial charge on any atom is 0.343 e. The normalized spacial score (nSPS) is 19.0. The number of carbonyl (C=O) groups excluding carboxylic acids is 1. The fourth-order valence-electron chi connectivity index (χ4n) is 4.99. The molecule has 0 fully saturated rings. The first-order valence-electron chi connectivity index (χ1n) is 12.0. The summed E-state index contributed by atoms with van der Waals surface area (Å²) in [7, 11) is 2.00. The van der Waals surface area contributed by atoms with E-state index in [9.17, 15) is 14.7 Å². The van der Waals surface area contributed by atoms with Crippen LogP contribution in [0, 0.1) is 11.8 Å². The molecule has 0 amide bonds. The number of ether oxygens (including phenoxy) is 3. The van der Waals surface area contributed by atoms with Gasteiger partial charge in [-0.15, -0.1) is 0 Å². The highest BCUT2D eigenvalue weighted by molar-refractivity contribution is 5.93. The summed E-state index contributed by atoms with van der Waals surface area (Å²) in [5.74, 6) is 7.07. The van der Waals surface area contributed by atoms with Crippen molar-refractivity contribution in [2.45, 2.75) is 39.0 Å². The Morgan fingerprint density at radius 2 is 1.92 bits per heavy atom. The Kier molecular flexibility index (Phi) is 5.07. The van der Waals surface area contributed by atoms with E-state index in [1.807, 2.05) is 19.2 Å². The van der Waals surface area contributed by atoms with Gasteiger partial charge < -0.3 is 23.9 Å². The van der Waals surface area contributed by atoms with Crippen LogP contribution in [0.2, 0.25) is 0 Å². The second-order valence-corrected chi connectivity index (χ2v) is 9.27. The predicted octanol–water partition coefficient (Wildman–Crippen LogP) is 2.11. The zero-order chi connectivity index (χ0) is 25.2. The van der Waals surface area contributed by atoms with Crippen LogP contribution in [0.5, 0.6) is 11.5 Å². The SMILES string of the molecule is CCN(C)CC#Cc1c2c(nc3cc4c(cc13)OCO4)-c1cc3c(c(=O)n1C2)COC(=O)[C@]3(O)CC. The molecule has 1 N–H and O–H groups in total. The Hall–Kier alpha value is -3.87. The highest BCUT2D eigenvalue weighted by atomic mass is 16.7. The van der Waals surface area contributed by atoms with E-state index in [-0.39, 0.29) is 43.1 Å². The van der Waals surface area contributed by atoms with Crippen molar-refractivity contribution in [1.82, 2.24) is 14.5 Å². The molecule has 0 aliphatic carbocycles. The van der Waals surface area contributed by atoms with E-state index in [0.29, 0.717) is 34.9 Å². The Bertz CT molecular complexity index is 1580. The fourth-order valence-corrected chi connectivity index (χ4v) is 4.99. The van der Waals surface area contributed by atoms with Crippen molar-refractivity contribution < 1.29 is 24.1 Å². The molecule has 0 spiro atoms. The van der Waals surface area contributed by atoms with Gasteiger partial charge in [-0.25, -0.2) is 9.78 Å². The van der Waals surface area contributed by atoms with Crippen LogP contribution < -0.4 is 15.0 Å². The number of esters is 1. The minimum Gasteiger partial charge on any atom is -0.458 e. The summed E-state index contributed by atoms with van der Waals surface area (Å²) in [5, 5.41) is 11.9. The number of aliphatic hydroxyl groups is 1. The molecule has 0 saturated carbocycles. The van der Waals surface area contributed by atoms with Crippen molar-refractivity contribution in [3.8, 4) is 34.7 Å². The Morgan fingerprint density at radius 1 is 1.14 bits per heavy atom. The van der Waals surface area contributed by atoms with Gasteiger partial charge >= 0.3 is 5.97 Å². The number of nitrogens with zero attached hydrogens (tertiary/aromatic N) is 3. The standard InChI is InChI=1S/C27H25N3O6/c1-4-27(33)19-10-21-24-17(12-30(21)25(31)18(19)13-34-26(27)32)15(7-6-8-29(3)5-2)16-9-22-23(36-14-35-22)11-20(16)28-24/h9-11,33H,4-5,8,12-14H2,1-3H3/t27-/m0/s1. The Balaban J connectivity index is 1.61. The minimum absolute atomic E-state index is 0.0882. The molecule has 0 radical (unpaired) electrons. The minimum atomic E-state index is -1.87. The number of pyridine rings is 2. The van der Waals surface area contributed by atoms with Crippen LogP contribution in [0.4, 0.5) is 0 Å². The maximum absolute atomic E-state index is 13.5. The van der Waals surface area contributed by atoms with Gasteiger partial charge in [-0.3, -0.25) is 9.69 Å². The van der Waals surface area contributed by atoms with Gasteiger partial charge in [0.1, 0.15) is 6.61 Å². The quantitative estimate of drug-likeness (QED) is 0.346. The summed E-state index contributed by atoms with van der Waals surface area (Å²) in [6.07, 6.45) is 0.0882. The van der Waals surface area contributed by atoms with Crippen LogP contribution in [-0.4, -0.2) is 52.5 Å². The summed E-state index contributed by atoms with van der Waals surface area (Å²) >= 11 is 0. The predicted molar refractivity (Wildman–Crippen MR) is 131 cm³/mol. The number of hydrogen-bond acceptors (Lipinski definition) is 8. The molecule has 5 heterocycles. The van der Waals surface area contributed by atoms with E-state index in [2.05, 4.69) is 23.7 Å². The Labute approximate surface area is 207 Å². The summed E-state index contributed by atoms with van der Waals surface area (Å²) < 4.78 is 18.0. The lowest BCUT2D eigenvalue weighted by molar-refractivity contribution is -0.172. The van der Waals surface area contributed by atoms with E-state index in [4.69, 9.17) is 19.2 Å².